The molecule has 0 bridgehead atoms. The monoisotopic (exact) mass is 296 g/mol. The fourth-order valence-electron chi connectivity index (χ4n) is 3.40. The molecular weight excluding hydrogens is 282 g/mol. The van der Waals surface area contributed by atoms with Crippen LogP contribution in [0.15, 0.2) is 4.79 Å². The summed E-state index contributed by atoms with van der Waals surface area (Å²) in [6, 6.07) is 0. The standard InChI is InChI=1S/C14H14F2N2OS/c15-14(16)5-4-7(6-14)11-17-12(19)10-8-2-1-3-9(8)20-13(10)18-11/h7H,1-6H2,(H,17,18,19)/t7-/m1/s1. The molecule has 1 atom stereocenters. The van der Waals surface area contributed by atoms with Crippen LogP contribution in [0.25, 0.3) is 10.2 Å². The van der Waals surface area contributed by atoms with Crippen LogP contribution >= 0.6 is 11.3 Å². The number of fused-ring (bicyclic) bond motifs is 3. The Morgan fingerprint density at radius 3 is 2.95 bits per heavy atom. The highest BCUT2D eigenvalue weighted by atomic mass is 32.1. The van der Waals surface area contributed by atoms with Crippen molar-refractivity contribution in [2.24, 2.45) is 0 Å². The van der Waals surface area contributed by atoms with E-state index in [9.17, 15) is 13.6 Å². The van der Waals surface area contributed by atoms with E-state index < -0.39 is 5.92 Å². The zero-order valence-electron chi connectivity index (χ0n) is 10.8. The van der Waals surface area contributed by atoms with Crippen molar-refractivity contribution in [3.8, 4) is 0 Å². The van der Waals surface area contributed by atoms with Gasteiger partial charge in [-0.3, -0.25) is 4.79 Å². The van der Waals surface area contributed by atoms with Crippen LogP contribution in [0.5, 0.6) is 0 Å². The van der Waals surface area contributed by atoms with Crippen LogP contribution < -0.4 is 5.56 Å². The molecule has 2 aliphatic rings. The molecule has 1 fully saturated rings. The normalized spacial score (nSPS) is 24.4. The summed E-state index contributed by atoms with van der Waals surface area (Å²) in [6.07, 6.45) is 3.11. The van der Waals surface area contributed by atoms with E-state index in [1.165, 1.54) is 4.88 Å². The second-order valence-electron chi connectivity index (χ2n) is 5.78. The molecule has 0 aliphatic heterocycles. The molecule has 0 aromatic carbocycles. The summed E-state index contributed by atoms with van der Waals surface area (Å²) in [7, 11) is 0. The van der Waals surface area contributed by atoms with Crippen LogP contribution in [-0.2, 0) is 12.8 Å². The lowest BCUT2D eigenvalue weighted by Crippen LogP contribution is -2.15. The first-order valence-corrected chi connectivity index (χ1v) is 7.77. The number of aromatic nitrogens is 2. The lowest BCUT2D eigenvalue weighted by Gasteiger charge is -2.09. The molecule has 106 valence electrons. The van der Waals surface area contributed by atoms with Crippen molar-refractivity contribution in [1.29, 1.82) is 0 Å². The van der Waals surface area contributed by atoms with Gasteiger partial charge in [-0.1, -0.05) is 0 Å². The largest absolute Gasteiger partial charge is 0.310 e. The quantitative estimate of drug-likeness (QED) is 0.877. The number of nitrogens with zero attached hydrogens (tertiary/aromatic N) is 1. The Morgan fingerprint density at radius 2 is 2.20 bits per heavy atom. The Kier molecular flexibility index (Phi) is 2.55. The van der Waals surface area contributed by atoms with E-state index in [1.54, 1.807) is 11.3 Å². The van der Waals surface area contributed by atoms with E-state index in [1.807, 2.05) is 0 Å². The number of rotatable bonds is 1. The van der Waals surface area contributed by atoms with Crippen molar-refractivity contribution >= 4 is 21.6 Å². The highest BCUT2D eigenvalue weighted by molar-refractivity contribution is 7.18. The van der Waals surface area contributed by atoms with Crippen LogP contribution in [0, 0.1) is 0 Å². The molecule has 4 rings (SSSR count). The molecule has 2 aromatic rings. The minimum Gasteiger partial charge on any atom is -0.310 e. The van der Waals surface area contributed by atoms with Crippen molar-refractivity contribution < 1.29 is 8.78 Å². The minimum absolute atomic E-state index is 0.111. The van der Waals surface area contributed by atoms with Crippen molar-refractivity contribution in [2.45, 2.75) is 50.4 Å². The molecule has 1 saturated carbocycles. The highest BCUT2D eigenvalue weighted by Gasteiger charge is 2.41. The van der Waals surface area contributed by atoms with Gasteiger partial charge in [0.05, 0.1) is 5.39 Å². The van der Waals surface area contributed by atoms with E-state index >= 15 is 0 Å². The van der Waals surface area contributed by atoms with Gasteiger partial charge in [-0.05, 0) is 31.2 Å². The number of hydrogen-bond acceptors (Lipinski definition) is 3. The molecule has 2 aliphatic carbocycles. The maximum atomic E-state index is 13.3. The van der Waals surface area contributed by atoms with Gasteiger partial charge in [-0.15, -0.1) is 11.3 Å². The van der Waals surface area contributed by atoms with Gasteiger partial charge < -0.3 is 4.98 Å². The maximum absolute atomic E-state index is 13.3. The lowest BCUT2D eigenvalue weighted by atomic mass is 10.1. The topological polar surface area (TPSA) is 45.8 Å². The lowest BCUT2D eigenvalue weighted by molar-refractivity contribution is 0.00754. The summed E-state index contributed by atoms with van der Waals surface area (Å²) >= 11 is 1.55. The van der Waals surface area contributed by atoms with E-state index in [4.69, 9.17) is 0 Å². The first kappa shape index (κ1) is 12.4. The van der Waals surface area contributed by atoms with Crippen LogP contribution in [0.1, 0.15) is 47.9 Å². The van der Waals surface area contributed by atoms with E-state index in [-0.39, 0.29) is 24.3 Å². The Labute approximate surface area is 118 Å². The first-order valence-electron chi connectivity index (χ1n) is 6.96. The average Bonchev–Trinajstić information content (AvgIpc) is 3.01. The number of halogens is 2. The fourth-order valence-corrected chi connectivity index (χ4v) is 4.66. The van der Waals surface area contributed by atoms with Crippen LogP contribution in [0.2, 0.25) is 0 Å². The maximum Gasteiger partial charge on any atom is 0.259 e. The third-order valence-corrected chi connectivity index (χ3v) is 5.57. The van der Waals surface area contributed by atoms with Gasteiger partial charge in [-0.2, -0.15) is 0 Å². The molecule has 6 heteroatoms. The summed E-state index contributed by atoms with van der Waals surface area (Å²) in [5.41, 5.74) is 0.974. The summed E-state index contributed by atoms with van der Waals surface area (Å²) in [6.45, 7) is 0. The number of nitrogens with one attached hydrogen (secondary N) is 1. The summed E-state index contributed by atoms with van der Waals surface area (Å²) < 4.78 is 26.6. The second kappa shape index (κ2) is 4.10. The number of thiophene rings is 1. The summed E-state index contributed by atoms with van der Waals surface area (Å²) in [4.78, 5) is 21.5. The number of H-pyrrole nitrogens is 1. The van der Waals surface area contributed by atoms with E-state index in [2.05, 4.69) is 9.97 Å². The molecule has 0 unspecified atom stereocenters. The molecule has 0 radical (unpaired) electrons. The first-order chi connectivity index (χ1) is 9.53. The van der Waals surface area contributed by atoms with Gasteiger partial charge in [0.25, 0.3) is 5.56 Å². The Morgan fingerprint density at radius 1 is 1.35 bits per heavy atom. The Balaban J connectivity index is 1.82. The predicted octanol–water partition coefficient (Wildman–Crippen LogP) is 3.38. The summed E-state index contributed by atoms with van der Waals surface area (Å²) in [5.74, 6) is -2.49. The predicted molar refractivity (Wildman–Crippen MR) is 73.8 cm³/mol. The molecule has 1 N–H and O–H groups in total. The second-order valence-corrected chi connectivity index (χ2v) is 6.87. The van der Waals surface area contributed by atoms with Crippen LogP contribution in [0.4, 0.5) is 8.78 Å². The number of aromatic amines is 1. The third-order valence-electron chi connectivity index (χ3n) is 4.38. The van der Waals surface area contributed by atoms with Crippen LogP contribution in [-0.4, -0.2) is 15.9 Å². The zero-order valence-corrected chi connectivity index (χ0v) is 11.7. The third kappa shape index (κ3) is 1.81. The molecule has 0 spiro atoms. The molecule has 20 heavy (non-hydrogen) atoms. The van der Waals surface area contributed by atoms with E-state index in [0.717, 1.165) is 29.7 Å². The fraction of sp³-hybridized carbons (Fsp3) is 0.571. The Hall–Kier alpha value is -1.30. The number of hydrogen-bond donors (Lipinski definition) is 1. The highest BCUT2D eigenvalue weighted by Crippen LogP contribution is 2.43. The molecule has 3 nitrogen and oxygen atoms in total. The number of alkyl halides is 2. The van der Waals surface area contributed by atoms with Gasteiger partial charge in [0.1, 0.15) is 10.7 Å². The molecule has 0 amide bonds. The van der Waals surface area contributed by atoms with Gasteiger partial charge in [-0.25, -0.2) is 13.8 Å². The molecular formula is C14H14F2N2OS. The zero-order chi connectivity index (χ0) is 13.9. The number of aryl methyl sites for hydroxylation is 2. The van der Waals surface area contributed by atoms with Gasteiger partial charge >= 0.3 is 0 Å². The van der Waals surface area contributed by atoms with Crippen molar-refractivity contribution in [3.63, 3.8) is 0 Å². The van der Waals surface area contributed by atoms with Crippen molar-refractivity contribution in [2.75, 3.05) is 0 Å². The van der Waals surface area contributed by atoms with E-state index in [0.29, 0.717) is 17.6 Å². The van der Waals surface area contributed by atoms with Gasteiger partial charge in [0.15, 0.2) is 0 Å². The van der Waals surface area contributed by atoms with Gasteiger partial charge in [0.2, 0.25) is 5.92 Å². The SMILES string of the molecule is O=c1[nH]c([C@@H]2CCC(F)(F)C2)nc2sc3c(c12)CCC3. The smallest absolute Gasteiger partial charge is 0.259 e. The Bertz CT molecular complexity index is 749. The van der Waals surface area contributed by atoms with Gasteiger partial charge in [0, 0.05) is 23.6 Å². The molecule has 0 saturated heterocycles. The molecule has 2 aromatic heterocycles. The average molecular weight is 296 g/mol. The minimum atomic E-state index is -2.62. The van der Waals surface area contributed by atoms with Crippen LogP contribution in [0.3, 0.4) is 0 Å². The van der Waals surface area contributed by atoms with Crippen molar-refractivity contribution in [3.05, 3.63) is 26.6 Å². The molecule has 2 heterocycles. The summed E-state index contributed by atoms with van der Waals surface area (Å²) in [5, 5.41) is 0.691. The van der Waals surface area contributed by atoms with Crippen molar-refractivity contribution in [1.82, 2.24) is 9.97 Å².